The van der Waals surface area contributed by atoms with Gasteiger partial charge in [-0.05, 0) is 60.0 Å². The first kappa shape index (κ1) is 29.7. The Hall–Kier alpha value is -1.31. The number of allylic oxidation sites excluding steroid dienone is 1. The molecule has 2 atom stereocenters. The molecule has 1 aliphatic rings. The molecule has 8 heteroatoms. The third-order valence-electron chi connectivity index (χ3n) is 5.47. The lowest BCUT2D eigenvalue weighted by Crippen LogP contribution is -2.53. The van der Waals surface area contributed by atoms with Crippen LogP contribution in [-0.4, -0.2) is 64.6 Å². The number of aliphatic hydroxyl groups is 1. The predicted octanol–water partition coefficient (Wildman–Crippen LogP) is 5.57. The van der Waals surface area contributed by atoms with E-state index < -0.39 is 35.5 Å². The third-order valence-corrected chi connectivity index (χ3v) is 5.69. The predicted molar refractivity (Wildman–Crippen MR) is 130 cm³/mol. The number of rotatable bonds is 14. The summed E-state index contributed by atoms with van der Waals surface area (Å²) in [5, 5.41) is 8.80. The fourth-order valence-corrected chi connectivity index (χ4v) is 3.90. The molecule has 1 saturated heterocycles. The number of esters is 1. The summed E-state index contributed by atoms with van der Waals surface area (Å²) in [6, 6.07) is -0.503. The zero-order chi connectivity index (χ0) is 24.9. The van der Waals surface area contributed by atoms with Crippen molar-refractivity contribution in [3.8, 4) is 0 Å². The average molecular weight is 490 g/mol. The largest absolute Gasteiger partial charge is 0.455 e. The molecule has 0 bridgehead atoms. The zero-order valence-corrected chi connectivity index (χ0v) is 21.9. The number of hydrogen-bond donors (Lipinski definition) is 1. The number of nitrogens with zero attached hydrogens (tertiary/aromatic N) is 1. The van der Waals surface area contributed by atoms with Gasteiger partial charge in [0.05, 0.1) is 6.61 Å². The van der Waals surface area contributed by atoms with Crippen LogP contribution < -0.4 is 0 Å². The summed E-state index contributed by atoms with van der Waals surface area (Å²) in [6.45, 7) is 9.54. The Balaban J connectivity index is 2.66. The average Bonchev–Trinajstić information content (AvgIpc) is 3.04. The van der Waals surface area contributed by atoms with Gasteiger partial charge in [-0.2, -0.15) is 0 Å². The summed E-state index contributed by atoms with van der Waals surface area (Å²) in [7, 11) is 0. The molecule has 1 N–H and O–H groups in total. The molecule has 33 heavy (non-hydrogen) atoms. The summed E-state index contributed by atoms with van der Waals surface area (Å²) >= 11 is 5.67. The molecule has 192 valence electrons. The smallest absolute Gasteiger partial charge is 0.413 e. The molecule has 0 unspecified atom stereocenters. The summed E-state index contributed by atoms with van der Waals surface area (Å²) in [5.41, 5.74) is -1.54. The highest BCUT2D eigenvalue weighted by molar-refractivity contribution is 6.26. The van der Waals surface area contributed by atoms with Crippen molar-refractivity contribution in [2.45, 2.75) is 116 Å². The van der Waals surface area contributed by atoms with Gasteiger partial charge in [0.1, 0.15) is 29.4 Å². The van der Waals surface area contributed by atoms with Gasteiger partial charge in [0.15, 0.2) is 0 Å². The number of hydrogen-bond acceptors (Lipinski definition) is 6. The number of halogens is 1. The van der Waals surface area contributed by atoms with E-state index in [4.69, 9.17) is 30.9 Å². The molecule has 7 nitrogen and oxygen atoms in total. The number of unbranched alkanes of at least 4 members (excludes halogenated alkanes) is 8. The molecule has 1 heterocycles. The van der Waals surface area contributed by atoms with Crippen LogP contribution in [0.15, 0.2) is 12.2 Å². The van der Waals surface area contributed by atoms with Crippen LogP contribution in [0.1, 0.15) is 92.4 Å². The molecule has 0 saturated carbocycles. The molecular formula is C25H44ClNO6. The Kier molecular flexibility index (Phi) is 13.4. The molecule has 1 aliphatic heterocycles. The van der Waals surface area contributed by atoms with Crippen LogP contribution in [0, 0.1) is 0 Å². The number of amides is 1. The van der Waals surface area contributed by atoms with Crippen molar-refractivity contribution < 1.29 is 28.9 Å². The maximum atomic E-state index is 12.9. The van der Waals surface area contributed by atoms with Crippen LogP contribution in [0.25, 0.3) is 0 Å². The van der Waals surface area contributed by atoms with E-state index in [-0.39, 0.29) is 19.1 Å². The first-order valence-corrected chi connectivity index (χ1v) is 12.7. The second kappa shape index (κ2) is 14.8. The van der Waals surface area contributed by atoms with E-state index in [1.54, 1.807) is 13.8 Å². The normalized spacial score (nSPS) is 19.1. The fraction of sp³-hybridized carbons (Fsp3) is 0.840. The van der Waals surface area contributed by atoms with Crippen molar-refractivity contribution in [1.82, 2.24) is 4.90 Å². The Morgan fingerprint density at radius 1 is 1.12 bits per heavy atom. The summed E-state index contributed by atoms with van der Waals surface area (Å²) in [6.07, 6.45) is 12.5. The summed E-state index contributed by atoms with van der Waals surface area (Å²) < 4.78 is 17.0. The van der Waals surface area contributed by atoms with E-state index in [2.05, 4.69) is 0 Å². The number of aliphatic hydroxyl groups excluding tert-OH is 1. The van der Waals surface area contributed by atoms with Crippen LogP contribution in [0.4, 0.5) is 4.79 Å². The Morgan fingerprint density at radius 3 is 2.24 bits per heavy atom. The van der Waals surface area contributed by atoms with Crippen LogP contribution in [0.5, 0.6) is 0 Å². The van der Waals surface area contributed by atoms with Crippen LogP contribution in [-0.2, 0) is 19.0 Å². The van der Waals surface area contributed by atoms with Crippen molar-refractivity contribution in [2.24, 2.45) is 0 Å². The van der Waals surface area contributed by atoms with Gasteiger partial charge in [-0.15, -0.1) is 11.6 Å². The maximum absolute atomic E-state index is 12.9. The van der Waals surface area contributed by atoms with Crippen LogP contribution >= 0.6 is 11.6 Å². The fourth-order valence-electron chi connectivity index (χ4n) is 3.84. The lowest BCUT2D eigenvalue weighted by molar-refractivity contribution is -0.146. The van der Waals surface area contributed by atoms with Crippen molar-refractivity contribution in [2.75, 3.05) is 19.1 Å². The van der Waals surface area contributed by atoms with Gasteiger partial charge in [0, 0.05) is 6.61 Å². The highest BCUT2D eigenvalue weighted by Gasteiger charge is 2.49. The minimum Gasteiger partial charge on any atom is -0.455 e. The van der Waals surface area contributed by atoms with Gasteiger partial charge in [0.2, 0.25) is 0 Å². The van der Waals surface area contributed by atoms with Gasteiger partial charge in [-0.25, -0.2) is 4.79 Å². The van der Waals surface area contributed by atoms with Gasteiger partial charge < -0.3 is 19.3 Å². The van der Waals surface area contributed by atoms with E-state index in [0.29, 0.717) is 0 Å². The van der Waals surface area contributed by atoms with E-state index in [0.717, 1.165) is 32.1 Å². The monoisotopic (exact) mass is 489 g/mol. The topological polar surface area (TPSA) is 85.3 Å². The molecule has 0 radical (unpaired) electrons. The lowest BCUT2D eigenvalue weighted by atomic mass is 10.1. The molecule has 0 aromatic heterocycles. The van der Waals surface area contributed by atoms with E-state index >= 15 is 0 Å². The first-order valence-electron chi connectivity index (χ1n) is 12.2. The van der Waals surface area contributed by atoms with Gasteiger partial charge in [0.25, 0.3) is 0 Å². The SMILES string of the molecule is CC(C)(C)OC(=O)N1[C@H]([C@@H](/C=C/CCCCCCCCCCO)OC(=O)CCl)COC1(C)C. The van der Waals surface area contributed by atoms with Gasteiger partial charge >= 0.3 is 12.1 Å². The van der Waals surface area contributed by atoms with E-state index in [1.165, 1.54) is 30.6 Å². The minimum absolute atomic E-state index is 0.229. The van der Waals surface area contributed by atoms with Crippen molar-refractivity contribution in [1.29, 1.82) is 0 Å². The molecule has 0 aliphatic carbocycles. The number of carbonyl (C=O) groups excluding carboxylic acids is 2. The van der Waals surface area contributed by atoms with Crippen molar-refractivity contribution in [3.05, 3.63) is 12.2 Å². The lowest BCUT2D eigenvalue weighted by Gasteiger charge is -2.36. The summed E-state index contributed by atoms with van der Waals surface area (Å²) in [4.78, 5) is 26.4. The summed E-state index contributed by atoms with van der Waals surface area (Å²) in [5.74, 6) is -0.798. The van der Waals surface area contributed by atoms with Crippen LogP contribution in [0.3, 0.4) is 0 Å². The zero-order valence-electron chi connectivity index (χ0n) is 21.1. The Morgan fingerprint density at radius 2 is 1.70 bits per heavy atom. The number of carbonyl (C=O) groups is 2. The molecule has 0 aromatic rings. The second-order valence-corrected chi connectivity index (χ2v) is 10.3. The van der Waals surface area contributed by atoms with Gasteiger partial charge in [-0.3, -0.25) is 9.69 Å². The molecule has 1 rings (SSSR count). The molecule has 0 spiro atoms. The minimum atomic E-state index is -0.885. The quantitative estimate of drug-likeness (QED) is 0.148. The molecule has 0 aromatic carbocycles. The third kappa shape index (κ3) is 11.6. The van der Waals surface area contributed by atoms with E-state index in [9.17, 15) is 9.59 Å². The second-order valence-electron chi connectivity index (χ2n) is 10.0. The maximum Gasteiger partial charge on any atom is 0.413 e. The first-order chi connectivity index (χ1) is 15.5. The van der Waals surface area contributed by atoms with Crippen molar-refractivity contribution >= 4 is 23.7 Å². The van der Waals surface area contributed by atoms with E-state index in [1.807, 2.05) is 32.9 Å². The highest BCUT2D eigenvalue weighted by atomic mass is 35.5. The molecule has 1 fully saturated rings. The van der Waals surface area contributed by atoms with Crippen LogP contribution in [0.2, 0.25) is 0 Å². The Bertz CT molecular complexity index is 617. The molecular weight excluding hydrogens is 446 g/mol. The molecule has 1 amide bonds. The highest BCUT2D eigenvalue weighted by Crippen LogP contribution is 2.32. The Labute approximate surface area is 204 Å². The number of alkyl halides is 1. The van der Waals surface area contributed by atoms with Gasteiger partial charge in [-0.1, -0.05) is 44.6 Å². The standard InChI is InChI=1S/C25H44ClNO6/c1-24(2,3)33-23(30)27-20(19-31-25(27,4)5)21(32-22(29)18-26)16-14-12-10-8-6-7-9-11-13-15-17-28/h14,16,20-21,28H,6-13,15,17-19H2,1-5H3/b16-14+/t20-,21+/m0/s1. The van der Waals surface area contributed by atoms with Crippen molar-refractivity contribution in [3.63, 3.8) is 0 Å². The number of ether oxygens (including phenoxy) is 3.